The molecule has 2 saturated heterocycles. The number of nitrogens with zero attached hydrogens (tertiary/aromatic N) is 1. The molecule has 2 aliphatic heterocycles. The Balaban J connectivity index is 1.69. The van der Waals surface area contributed by atoms with E-state index >= 15 is 0 Å². The number of carbonyl (C=O) groups is 2. The van der Waals surface area contributed by atoms with E-state index in [-0.39, 0.29) is 29.9 Å². The van der Waals surface area contributed by atoms with Crippen LogP contribution in [0.1, 0.15) is 31.7 Å². The van der Waals surface area contributed by atoms with Gasteiger partial charge < -0.3 is 15.4 Å². The minimum atomic E-state index is -0.663. The van der Waals surface area contributed by atoms with Gasteiger partial charge in [0.2, 0.25) is 5.91 Å². The molecular formula is C21H31N3O4. The zero-order valence-electron chi connectivity index (χ0n) is 16.7. The third kappa shape index (κ3) is 5.10. The summed E-state index contributed by atoms with van der Waals surface area (Å²) in [6.07, 6.45) is 3.09. The standard InChI is InChI=1S/C21H31N3O4/c1-15(19(27-2)17-10-6-11-22-17)20(25)23-18(14-16-8-4-3-5-9-16)21(26)24-12-7-13-28-24/h3-5,8-9,15,17-19,22H,6-7,10-14H2,1-2H3,(H,23,25)/t15-,17+,18+,19-/m1/s1. The highest BCUT2D eigenvalue weighted by Crippen LogP contribution is 2.19. The minimum Gasteiger partial charge on any atom is -0.379 e. The molecular weight excluding hydrogens is 358 g/mol. The molecule has 3 rings (SSSR count). The summed E-state index contributed by atoms with van der Waals surface area (Å²) in [6, 6.07) is 9.21. The average molecular weight is 389 g/mol. The lowest BCUT2D eigenvalue weighted by Crippen LogP contribution is -2.53. The van der Waals surface area contributed by atoms with Crippen molar-refractivity contribution in [2.24, 2.45) is 5.92 Å². The molecule has 0 radical (unpaired) electrons. The Labute approximate surface area is 166 Å². The highest BCUT2D eigenvalue weighted by atomic mass is 16.7. The third-order valence-corrected chi connectivity index (χ3v) is 5.57. The van der Waals surface area contributed by atoms with E-state index < -0.39 is 6.04 Å². The molecule has 0 aromatic heterocycles. The van der Waals surface area contributed by atoms with Gasteiger partial charge >= 0.3 is 0 Å². The lowest BCUT2D eigenvalue weighted by molar-refractivity contribution is -0.172. The number of methoxy groups -OCH3 is 1. The Bertz CT molecular complexity index is 642. The smallest absolute Gasteiger partial charge is 0.269 e. The van der Waals surface area contributed by atoms with Crippen LogP contribution in [0.3, 0.4) is 0 Å². The second kappa shape index (κ2) is 10.0. The van der Waals surface area contributed by atoms with Crippen molar-refractivity contribution in [3.63, 3.8) is 0 Å². The van der Waals surface area contributed by atoms with Crippen LogP contribution in [0, 0.1) is 5.92 Å². The normalized spacial score (nSPS) is 22.6. The average Bonchev–Trinajstić information content (AvgIpc) is 3.42. The van der Waals surface area contributed by atoms with Gasteiger partial charge in [-0.15, -0.1) is 0 Å². The zero-order valence-corrected chi connectivity index (χ0v) is 16.7. The molecule has 7 heteroatoms. The first-order chi connectivity index (χ1) is 13.6. The monoisotopic (exact) mass is 389 g/mol. The summed E-state index contributed by atoms with van der Waals surface area (Å²) < 4.78 is 5.63. The Kier molecular flexibility index (Phi) is 7.42. The zero-order chi connectivity index (χ0) is 19.9. The van der Waals surface area contributed by atoms with Crippen molar-refractivity contribution in [2.75, 3.05) is 26.8 Å². The Hall–Kier alpha value is -1.96. The van der Waals surface area contributed by atoms with Gasteiger partial charge in [-0.25, -0.2) is 5.06 Å². The van der Waals surface area contributed by atoms with E-state index in [2.05, 4.69) is 10.6 Å². The Morgan fingerprint density at radius 2 is 2.11 bits per heavy atom. The van der Waals surface area contributed by atoms with Crippen molar-refractivity contribution in [1.29, 1.82) is 0 Å². The van der Waals surface area contributed by atoms with E-state index in [9.17, 15) is 9.59 Å². The van der Waals surface area contributed by atoms with Gasteiger partial charge in [-0.2, -0.15) is 0 Å². The number of hydrogen-bond donors (Lipinski definition) is 2. The SMILES string of the molecule is CO[C@@H]([C@@H]1CCCN1)[C@@H](C)C(=O)N[C@@H](Cc1ccccc1)C(=O)N1CCCO1. The summed E-state index contributed by atoms with van der Waals surface area (Å²) in [5, 5.41) is 7.75. The summed E-state index contributed by atoms with van der Waals surface area (Å²) in [4.78, 5) is 31.4. The minimum absolute atomic E-state index is 0.163. The quantitative estimate of drug-likeness (QED) is 0.700. The molecule has 1 aromatic rings. The van der Waals surface area contributed by atoms with Crippen LogP contribution < -0.4 is 10.6 Å². The van der Waals surface area contributed by atoms with E-state index in [4.69, 9.17) is 9.57 Å². The highest BCUT2D eigenvalue weighted by molar-refractivity contribution is 5.88. The van der Waals surface area contributed by atoms with Gasteiger partial charge in [0.15, 0.2) is 0 Å². The van der Waals surface area contributed by atoms with Crippen LogP contribution in [0.2, 0.25) is 0 Å². The van der Waals surface area contributed by atoms with Gasteiger partial charge in [-0.05, 0) is 31.4 Å². The molecule has 28 heavy (non-hydrogen) atoms. The van der Waals surface area contributed by atoms with Gasteiger partial charge in [0, 0.05) is 19.6 Å². The maximum atomic E-state index is 13.0. The highest BCUT2D eigenvalue weighted by Gasteiger charge is 2.36. The molecule has 1 aromatic carbocycles. The van der Waals surface area contributed by atoms with E-state index in [1.54, 1.807) is 7.11 Å². The van der Waals surface area contributed by atoms with Crippen LogP contribution in [-0.4, -0.2) is 61.9 Å². The Morgan fingerprint density at radius 1 is 1.32 bits per heavy atom. The first-order valence-corrected chi connectivity index (χ1v) is 10.1. The molecule has 0 bridgehead atoms. The van der Waals surface area contributed by atoms with Gasteiger partial charge in [0.25, 0.3) is 5.91 Å². The number of hydrogen-bond acceptors (Lipinski definition) is 5. The van der Waals surface area contributed by atoms with Crippen molar-refractivity contribution in [2.45, 2.75) is 50.8 Å². The summed E-state index contributed by atoms with van der Waals surface area (Å²) in [7, 11) is 1.64. The summed E-state index contributed by atoms with van der Waals surface area (Å²) in [5.41, 5.74) is 0.994. The van der Waals surface area contributed by atoms with Crippen LogP contribution in [-0.2, 0) is 25.6 Å². The van der Waals surface area contributed by atoms with Crippen LogP contribution in [0.25, 0.3) is 0 Å². The number of ether oxygens (including phenoxy) is 1. The first-order valence-electron chi connectivity index (χ1n) is 10.1. The number of carbonyl (C=O) groups excluding carboxylic acids is 2. The van der Waals surface area contributed by atoms with E-state index in [0.717, 1.165) is 31.4 Å². The van der Waals surface area contributed by atoms with Crippen LogP contribution >= 0.6 is 0 Å². The maximum Gasteiger partial charge on any atom is 0.269 e. The fourth-order valence-corrected chi connectivity index (χ4v) is 4.01. The molecule has 2 heterocycles. The molecule has 0 unspecified atom stereocenters. The summed E-state index contributed by atoms with van der Waals surface area (Å²) >= 11 is 0. The number of hydroxylamine groups is 2. The molecule has 2 aliphatic rings. The molecule has 154 valence electrons. The second-order valence-electron chi connectivity index (χ2n) is 7.57. The molecule has 2 amide bonds. The summed E-state index contributed by atoms with van der Waals surface area (Å²) in [6.45, 7) is 3.90. The number of nitrogens with one attached hydrogen (secondary N) is 2. The maximum absolute atomic E-state index is 13.0. The van der Waals surface area contributed by atoms with Crippen LogP contribution in [0.4, 0.5) is 0 Å². The molecule has 0 saturated carbocycles. The largest absolute Gasteiger partial charge is 0.379 e. The van der Waals surface area contributed by atoms with Crippen molar-refractivity contribution in [3.8, 4) is 0 Å². The lowest BCUT2D eigenvalue weighted by Gasteiger charge is -2.29. The topological polar surface area (TPSA) is 79.9 Å². The van der Waals surface area contributed by atoms with E-state index in [1.165, 1.54) is 5.06 Å². The predicted molar refractivity (Wildman–Crippen MR) is 105 cm³/mol. The van der Waals surface area contributed by atoms with E-state index in [0.29, 0.717) is 19.6 Å². The Morgan fingerprint density at radius 3 is 2.71 bits per heavy atom. The number of benzene rings is 1. The molecule has 2 N–H and O–H groups in total. The first kappa shape index (κ1) is 20.8. The van der Waals surface area contributed by atoms with Crippen molar-refractivity contribution in [3.05, 3.63) is 35.9 Å². The number of rotatable bonds is 8. The number of amides is 2. The van der Waals surface area contributed by atoms with Crippen molar-refractivity contribution >= 4 is 11.8 Å². The summed E-state index contributed by atoms with van der Waals surface area (Å²) in [5.74, 6) is -0.741. The fourth-order valence-electron chi connectivity index (χ4n) is 4.01. The van der Waals surface area contributed by atoms with Crippen molar-refractivity contribution < 1.29 is 19.2 Å². The third-order valence-electron chi connectivity index (χ3n) is 5.57. The second-order valence-corrected chi connectivity index (χ2v) is 7.57. The lowest BCUT2D eigenvalue weighted by atomic mass is 9.95. The van der Waals surface area contributed by atoms with Gasteiger partial charge in [-0.3, -0.25) is 14.4 Å². The van der Waals surface area contributed by atoms with Gasteiger partial charge in [0.05, 0.1) is 25.2 Å². The van der Waals surface area contributed by atoms with Gasteiger partial charge in [-0.1, -0.05) is 37.3 Å². The predicted octanol–water partition coefficient (Wildman–Crippen LogP) is 1.28. The molecule has 0 aliphatic carbocycles. The fraction of sp³-hybridized carbons (Fsp3) is 0.619. The molecule has 7 nitrogen and oxygen atoms in total. The van der Waals surface area contributed by atoms with E-state index in [1.807, 2.05) is 37.3 Å². The van der Waals surface area contributed by atoms with Crippen LogP contribution in [0.15, 0.2) is 30.3 Å². The molecule has 4 atom stereocenters. The molecule has 0 spiro atoms. The molecule has 2 fully saturated rings. The van der Waals surface area contributed by atoms with Crippen LogP contribution in [0.5, 0.6) is 0 Å². The van der Waals surface area contributed by atoms with Crippen molar-refractivity contribution in [1.82, 2.24) is 15.7 Å². The van der Waals surface area contributed by atoms with Gasteiger partial charge in [0.1, 0.15) is 6.04 Å².